The molecule has 1 aliphatic rings. The first-order valence-corrected chi connectivity index (χ1v) is 8.35. The number of nitrogens with one attached hydrogen (secondary N) is 1. The van der Waals surface area contributed by atoms with Crippen molar-refractivity contribution in [1.29, 1.82) is 0 Å². The van der Waals surface area contributed by atoms with Crippen LogP contribution in [0.5, 0.6) is 5.75 Å². The van der Waals surface area contributed by atoms with Crippen LogP contribution < -0.4 is 10.1 Å². The highest BCUT2D eigenvalue weighted by Crippen LogP contribution is 2.26. The third-order valence-electron chi connectivity index (χ3n) is 4.31. The fraction of sp³-hybridized carbons (Fsp3) is 0.368. The topological polar surface area (TPSA) is 54.5 Å². The first-order chi connectivity index (χ1) is 11.7. The second-order valence-electron chi connectivity index (χ2n) is 5.92. The monoisotopic (exact) mass is 325 g/mol. The number of aryl methyl sites for hydroxylation is 1. The van der Waals surface area contributed by atoms with Gasteiger partial charge >= 0.3 is 0 Å². The number of ether oxygens (including phenoxy) is 1. The summed E-state index contributed by atoms with van der Waals surface area (Å²) < 4.78 is 5.63. The van der Waals surface area contributed by atoms with Crippen LogP contribution in [0, 0.1) is 6.92 Å². The van der Waals surface area contributed by atoms with E-state index in [1.54, 1.807) is 6.20 Å². The second kappa shape index (κ2) is 7.45. The Kier molecular flexibility index (Phi) is 5.11. The lowest BCUT2D eigenvalue weighted by atomic mass is 10.0. The van der Waals surface area contributed by atoms with Crippen LogP contribution in [0.15, 0.2) is 42.7 Å². The molecule has 126 valence electrons. The van der Waals surface area contributed by atoms with Crippen LogP contribution in [0.1, 0.15) is 34.5 Å². The van der Waals surface area contributed by atoms with E-state index in [0.717, 1.165) is 30.0 Å². The summed E-state index contributed by atoms with van der Waals surface area (Å²) in [4.78, 5) is 19.2. The molecule has 0 bridgehead atoms. The summed E-state index contributed by atoms with van der Waals surface area (Å²) in [6.07, 6.45) is 3.58. The van der Waals surface area contributed by atoms with Crippen LogP contribution in [-0.2, 0) is 0 Å². The molecule has 24 heavy (non-hydrogen) atoms. The van der Waals surface area contributed by atoms with Gasteiger partial charge in [-0.2, -0.15) is 0 Å². The van der Waals surface area contributed by atoms with E-state index in [0.29, 0.717) is 18.7 Å². The molecule has 5 heteroatoms. The SMILES string of the molecule is CCOc1cc(C(=O)N2CCNCC2c2cccnc2)ccc1C. The molecule has 2 heterocycles. The summed E-state index contributed by atoms with van der Waals surface area (Å²) in [5.41, 5.74) is 2.76. The van der Waals surface area contributed by atoms with Crippen molar-refractivity contribution in [3.05, 3.63) is 59.4 Å². The first-order valence-electron chi connectivity index (χ1n) is 8.35. The normalized spacial score (nSPS) is 17.6. The van der Waals surface area contributed by atoms with E-state index in [9.17, 15) is 4.79 Å². The van der Waals surface area contributed by atoms with Gasteiger partial charge in [-0.1, -0.05) is 12.1 Å². The van der Waals surface area contributed by atoms with E-state index in [1.165, 1.54) is 0 Å². The van der Waals surface area contributed by atoms with Gasteiger partial charge in [-0.25, -0.2) is 0 Å². The molecular weight excluding hydrogens is 302 g/mol. The van der Waals surface area contributed by atoms with Crippen LogP contribution in [0.4, 0.5) is 0 Å². The smallest absolute Gasteiger partial charge is 0.254 e. The number of carbonyl (C=O) groups excluding carboxylic acids is 1. The fourth-order valence-corrected chi connectivity index (χ4v) is 3.03. The Morgan fingerprint density at radius 1 is 1.42 bits per heavy atom. The molecule has 1 unspecified atom stereocenters. The molecule has 0 aliphatic carbocycles. The van der Waals surface area contributed by atoms with Crippen molar-refractivity contribution < 1.29 is 9.53 Å². The molecule has 1 fully saturated rings. The van der Waals surface area contributed by atoms with Gasteiger partial charge in [0, 0.05) is 37.6 Å². The Bertz CT molecular complexity index is 703. The van der Waals surface area contributed by atoms with Crippen LogP contribution in [0.2, 0.25) is 0 Å². The maximum atomic E-state index is 13.1. The van der Waals surface area contributed by atoms with Gasteiger partial charge in [0.1, 0.15) is 5.75 Å². The third kappa shape index (κ3) is 3.41. The Hall–Kier alpha value is -2.40. The Balaban J connectivity index is 1.88. The Morgan fingerprint density at radius 3 is 3.04 bits per heavy atom. The molecule has 1 aromatic carbocycles. The molecule has 0 saturated carbocycles. The molecule has 1 amide bonds. The van der Waals surface area contributed by atoms with E-state index in [-0.39, 0.29) is 11.9 Å². The van der Waals surface area contributed by atoms with Crippen LogP contribution in [-0.4, -0.2) is 42.0 Å². The Labute approximate surface area is 142 Å². The second-order valence-corrected chi connectivity index (χ2v) is 5.92. The number of piperazine rings is 1. The van der Waals surface area contributed by atoms with Gasteiger partial charge in [-0.15, -0.1) is 0 Å². The van der Waals surface area contributed by atoms with Crippen LogP contribution >= 0.6 is 0 Å². The van der Waals surface area contributed by atoms with Crippen molar-refractivity contribution in [1.82, 2.24) is 15.2 Å². The largest absolute Gasteiger partial charge is 0.494 e. The lowest BCUT2D eigenvalue weighted by Gasteiger charge is -2.36. The van der Waals surface area contributed by atoms with E-state index in [1.807, 2.05) is 55.3 Å². The summed E-state index contributed by atoms with van der Waals surface area (Å²) >= 11 is 0. The molecule has 3 rings (SSSR count). The average Bonchev–Trinajstić information content (AvgIpc) is 2.64. The minimum Gasteiger partial charge on any atom is -0.494 e. The molecule has 0 spiro atoms. The number of pyridine rings is 1. The summed E-state index contributed by atoms with van der Waals surface area (Å²) in [7, 11) is 0. The number of hydrogen-bond acceptors (Lipinski definition) is 4. The minimum absolute atomic E-state index is 0.00297. The van der Waals surface area contributed by atoms with E-state index >= 15 is 0 Å². The van der Waals surface area contributed by atoms with Gasteiger partial charge < -0.3 is 15.0 Å². The summed E-state index contributed by atoms with van der Waals surface area (Å²) in [6.45, 7) is 6.74. The van der Waals surface area contributed by atoms with Crippen LogP contribution in [0.25, 0.3) is 0 Å². The van der Waals surface area contributed by atoms with Gasteiger partial charge in [0.25, 0.3) is 5.91 Å². The Morgan fingerprint density at radius 2 is 2.29 bits per heavy atom. The number of carbonyl (C=O) groups is 1. The lowest BCUT2D eigenvalue weighted by Crippen LogP contribution is -2.48. The van der Waals surface area contributed by atoms with Gasteiger partial charge in [0.2, 0.25) is 0 Å². The molecule has 0 radical (unpaired) electrons. The predicted octanol–water partition coefficient (Wildman–Crippen LogP) is 2.58. The molecule has 1 atom stereocenters. The van der Waals surface area contributed by atoms with Gasteiger partial charge in [-0.05, 0) is 43.2 Å². The molecular formula is C19H23N3O2. The van der Waals surface area contributed by atoms with Crippen LogP contribution in [0.3, 0.4) is 0 Å². The predicted molar refractivity (Wildman–Crippen MR) is 93.2 cm³/mol. The number of amides is 1. The zero-order valence-corrected chi connectivity index (χ0v) is 14.2. The van der Waals surface area contributed by atoms with Gasteiger partial charge in [0.05, 0.1) is 12.6 Å². The highest BCUT2D eigenvalue weighted by atomic mass is 16.5. The standard InChI is InChI=1S/C19H23N3O2/c1-3-24-18-11-15(7-6-14(18)2)19(23)22-10-9-21-13-17(22)16-5-4-8-20-12-16/h4-8,11-12,17,21H,3,9-10,13H2,1-2H3. The molecule has 2 aromatic rings. The number of benzene rings is 1. The fourth-order valence-electron chi connectivity index (χ4n) is 3.03. The maximum absolute atomic E-state index is 13.1. The number of nitrogens with zero attached hydrogens (tertiary/aromatic N) is 2. The number of hydrogen-bond donors (Lipinski definition) is 1. The van der Waals surface area contributed by atoms with E-state index in [2.05, 4.69) is 10.3 Å². The zero-order chi connectivity index (χ0) is 16.9. The quantitative estimate of drug-likeness (QED) is 0.939. The van der Waals surface area contributed by atoms with Crippen molar-refractivity contribution in [2.45, 2.75) is 19.9 Å². The summed E-state index contributed by atoms with van der Waals surface area (Å²) in [5.74, 6) is 0.808. The maximum Gasteiger partial charge on any atom is 0.254 e. The van der Waals surface area contributed by atoms with Crippen molar-refractivity contribution >= 4 is 5.91 Å². The number of rotatable bonds is 4. The van der Waals surface area contributed by atoms with E-state index < -0.39 is 0 Å². The average molecular weight is 325 g/mol. The van der Waals surface area contributed by atoms with Crippen molar-refractivity contribution in [2.24, 2.45) is 0 Å². The molecule has 5 nitrogen and oxygen atoms in total. The summed E-state index contributed by atoms with van der Waals surface area (Å²) in [5, 5.41) is 3.36. The highest BCUT2D eigenvalue weighted by Gasteiger charge is 2.29. The molecule has 1 N–H and O–H groups in total. The van der Waals surface area contributed by atoms with Crippen molar-refractivity contribution in [2.75, 3.05) is 26.2 Å². The number of aromatic nitrogens is 1. The molecule has 1 saturated heterocycles. The molecule has 1 aromatic heterocycles. The summed E-state index contributed by atoms with van der Waals surface area (Å²) in [6, 6.07) is 9.60. The minimum atomic E-state index is -0.00297. The first kappa shape index (κ1) is 16.5. The molecule has 1 aliphatic heterocycles. The van der Waals surface area contributed by atoms with E-state index in [4.69, 9.17) is 4.74 Å². The van der Waals surface area contributed by atoms with Crippen molar-refractivity contribution in [3.8, 4) is 5.75 Å². The third-order valence-corrected chi connectivity index (χ3v) is 4.31. The zero-order valence-electron chi connectivity index (χ0n) is 14.2. The van der Waals surface area contributed by atoms with Gasteiger partial charge in [-0.3, -0.25) is 9.78 Å². The highest BCUT2D eigenvalue weighted by molar-refractivity contribution is 5.95. The van der Waals surface area contributed by atoms with Crippen molar-refractivity contribution in [3.63, 3.8) is 0 Å². The van der Waals surface area contributed by atoms with Gasteiger partial charge in [0.15, 0.2) is 0 Å². The lowest BCUT2D eigenvalue weighted by molar-refractivity contribution is 0.0633.